The van der Waals surface area contributed by atoms with Gasteiger partial charge in [-0.1, -0.05) is 0 Å². The van der Waals surface area contributed by atoms with E-state index >= 15 is 0 Å². The fraction of sp³-hybridized carbons (Fsp3) is 0.545. The van der Waals surface area contributed by atoms with Crippen LogP contribution < -0.4 is 10.5 Å². The van der Waals surface area contributed by atoms with Gasteiger partial charge in [-0.05, 0) is 18.6 Å². The average Bonchev–Trinajstić information content (AvgIpc) is 2.80. The van der Waals surface area contributed by atoms with Crippen molar-refractivity contribution in [1.29, 1.82) is 0 Å². The SMILES string of the molecule is NCC1(O)CCN(S(=O)c2ccc(OC(F)(F)F)cn2)C1. The standard InChI is InChI=1S/C11H14F3N3O3S/c12-11(13,14)20-8-1-2-9(16-5-8)21(19)17-4-3-10(18,6-15)7-17/h1-2,5,18H,3-4,6-7,15H2. The normalized spacial score (nSPS) is 25.0. The first-order valence-electron chi connectivity index (χ1n) is 6.03. The molecule has 0 saturated carbocycles. The van der Waals surface area contributed by atoms with Crippen LogP contribution >= 0.6 is 0 Å². The maximum Gasteiger partial charge on any atom is 0.573 e. The molecule has 10 heteroatoms. The van der Waals surface area contributed by atoms with Crippen molar-refractivity contribution >= 4 is 11.0 Å². The van der Waals surface area contributed by atoms with Gasteiger partial charge < -0.3 is 15.6 Å². The molecule has 1 aliphatic heterocycles. The second-order valence-corrected chi connectivity index (χ2v) is 6.10. The molecule has 0 aromatic carbocycles. The predicted octanol–water partition coefficient (Wildman–Crippen LogP) is 0.398. The van der Waals surface area contributed by atoms with Gasteiger partial charge in [0.2, 0.25) is 0 Å². The van der Waals surface area contributed by atoms with Crippen LogP contribution in [0.15, 0.2) is 23.4 Å². The van der Waals surface area contributed by atoms with Gasteiger partial charge in [-0.3, -0.25) is 0 Å². The number of β-amino-alcohol motifs (C(OH)–C–C–N with tert-alkyl or cyclic N) is 1. The Morgan fingerprint density at radius 3 is 2.71 bits per heavy atom. The number of hydrogen-bond acceptors (Lipinski definition) is 5. The number of hydrogen-bond donors (Lipinski definition) is 2. The number of ether oxygens (including phenoxy) is 1. The molecule has 0 radical (unpaired) electrons. The summed E-state index contributed by atoms with van der Waals surface area (Å²) < 4.78 is 53.4. The van der Waals surface area contributed by atoms with Gasteiger partial charge in [0.05, 0.1) is 11.8 Å². The number of nitrogens with zero attached hydrogens (tertiary/aromatic N) is 2. The zero-order valence-corrected chi connectivity index (χ0v) is 11.7. The molecule has 21 heavy (non-hydrogen) atoms. The van der Waals surface area contributed by atoms with Gasteiger partial charge in [0, 0.05) is 19.6 Å². The van der Waals surface area contributed by atoms with Crippen LogP contribution in [-0.2, 0) is 11.0 Å². The summed E-state index contributed by atoms with van der Waals surface area (Å²) in [5, 5.41) is 10.1. The molecule has 1 saturated heterocycles. The fourth-order valence-corrected chi connectivity index (χ4v) is 3.13. The smallest absolute Gasteiger partial charge is 0.404 e. The van der Waals surface area contributed by atoms with Crippen LogP contribution in [-0.4, -0.2) is 50.2 Å². The molecule has 1 fully saturated rings. The summed E-state index contributed by atoms with van der Waals surface area (Å²) in [7, 11) is -1.67. The lowest BCUT2D eigenvalue weighted by Crippen LogP contribution is -2.40. The number of rotatable bonds is 4. The third kappa shape index (κ3) is 4.13. The molecule has 2 unspecified atom stereocenters. The van der Waals surface area contributed by atoms with E-state index in [0.29, 0.717) is 13.0 Å². The molecule has 3 N–H and O–H groups in total. The average molecular weight is 325 g/mol. The molecule has 2 heterocycles. The highest BCUT2D eigenvalue weighted by molar-refractivity contribution is 7.82. The van der Waals surface area contributed by atoms with E-state index in [1.54, 1.807) is 0 Å². The van der Waals surface area contributed by atoms with Crippen LogP contribution in [0.2, 0.25) is 0 Å². The van der Waals surface area contributed by atoms with Crippen LogP contribution in [0.5, 0.6) is 5.75 Å². The van der Waals surface area contributed by atoms with Crippen molar-refractivity contribution in [3.63, 3.8) is 0 Å². The predicted molar refractivity (Wildman–Crippen MR) is 67.5 cm³/mol. The Morgan fingerprint density at radius 2 is 2.24 bits per heavy atom. The molecule has 1 aromatic heterocycles. The quantitative estimate of drug-likeness (QED) is 0.836. The molecule has 118 valence electrons. The van der Waals surface area contributed by atoms with Crippen LogP contribution in [0.4, 0.5) is 13.2 Å². The van der Waals surface area contributed by atoms with E-state index in [2.05, 4.69) is 9.72 Å². The van der Waals surface area contributed by atoms with Crippen LogP contribution in [0.1, 0.15) is 6.42 Å². The van der Waals surface area contributed by atoms with Gasteiger partial charge in [0.1, 0.15) is 21.8 Å². The summed E-state index contributed by atoms with van der Waals surface area (Å²) in [6, 6.07) is 2.23. The number of aromatic nitrogens is 1. The maximum absolute atomic E-state index is 12.2. The first-order chi connectivity index (χ1) is 9.72. The first kappa shape index (κ1) is 16.1. The van der Waals surface area contributed by atoms with Crippen LogP contribution in [0, 0.1) is 0 Å². The Kier molecular flexibility index (Phi) is 4.51. The number of nitrogens with two attached hydrogens (primary N) is 1. The monoisotopic (exact) mass is 325 g/mol. The van der Waals surface area contributed by atoms with Crippen molar-refractivity contribution in [1.82, 2.24) is 9.29 Å². The van der Waals surface area contributed by atoms with Crippen molar-refractivity contribution in [3.8, 4) is 5.75 Å². The number of pyridine rings is 1. The summed E-state index contributed by atoms with van der Waals surface area (Å²) in [5.41, 5.74) is 4.35. The molecule has 1 aromatic rings. The summed E-state index contributed by atoms with van der Waals surface area (Å²) >= 11 is 0. The minimum absolute atomic E-state index is 0.0481. The van der Waals surface area contributed by atoms with Crippen LogP contribution in [0.3, 0.4) is 0 Å². The third-order valence-corrected chi connectivity index (χ3v) is 4.41. The van der Waals surface area contributed by atoms with E-state index in [9.17, 15) is 22.5 Å². The first-order valence-corrected chi connectivity index (χ1v) is 7.14. The van der Waals surface area contributed by atoms with Crippen molar-refractivity contribution in [2.75, 3.05) is 19.6 Å². The van der Waals surface area contributed by atoms with Gasteiger partial charge in [-0.2, -0.15) is 0 Å². The molecule has 1 aliphatic rings. The van der Waals surface area contributed by atoms with E-state index in [0.717, 1.165) is 12.3 Å². The molecular weight excluding hydrogens is 311 g/mol. The van der Waals surface area contributed by atoms with E-state index in [4.69, 9.17) is 5.73 Å². The molecular formula is C11H14F3N3O3S. The molecule has 0 spiro atoms. The summed E-state index contributed by atoms with van der Waals surface area (Å²) in [6.45, 7) is 0.536. The minimum Gasteiger partial charge on any atom is -0.404 e. The number of alkyl halides is 3. The summed E-state index contributed by atoms with van der Waals surface area (Å²) in [6.07, 6.45) is -3.56. The van der Waals surface area contributed by atoms with Gasteiger partial charge in [0.15, 0.2) is 0 Å². The largest absolute Gasteiger partial charge is 0.573 e. The Bertz CT molecular complexity index is 526. The zero-order valence-electron chi connectivity index (χ0n) is 10.8. The second kappa shape index (κ2) is 5.87. The van der Waals surface area contributed by atoms with E-state index in [-0.39, 0.29) is 18.1 Å². The lowest BCUT2D eigenvalue weighted by atomic mass is 10.1. The molecule has 0 aliphatic carbocycles. The topological polar surface area (TPSA) is 88.7 Å². The number of halogens is 3. The Balaban J connectivity index is 2.04. The van der Waals surface area contributed by atoms with Crippen LogP contribution in [0.25, 0.3) is 0 Å². The molecule has 0 bridgehead atoms. The summed E-state index contributed by atoms with van der Waals surface area (Å²) in [4.78, 5) is 3.70. The highest BCUT2D eigenvalue weighted by atomic mass is 32.2. The van der Waals surface area contributed by atoms with Gasteiger partial charge in [-0.25, -0.2) is 13.5 Å². The number of aliphatic hydroxyl groups is 1. The third-order valence-electron chi connectivity index (χ3n) is 3.03. The van der Waals surface area contributed by atoms with Crippen molar-refractivity contribution in [2.24, 2.45) is 5.73 Å². The molecule has 6 nitrogen and oxygen atoms in total. The lowest BCUT2D eigenvalue weighted by molar-refractivity contribution is -0.274. The fourth-order valence-electron chi connectivity index (χ4n) is 1.92. The second-order valence-electron chi connectivity index (χ2n) is 4.67. The molecule has 2 atom stereocenters. The van der Waals surface area contributed by atoms with Gasteiger partial charge in [-0.15, -0.1) is 13.2 Å². The van der Waals surface area contributed by atoms with Crippen molar-refractivity contribution < 1.29 is 27.2 Å². The van der Waals surface area contributed by atoms with Crippen molar-refractivity contribution in [3.05, 3.63) is 18.3 Å². The van der Waals surface area contributed by atoms with E-state index in [1.165, 1.54) is 10.4 Å². The van der Waals surface area contributed by atoms with Gasteiger partial charge in [0.25, 0.3) is 0 Å². The molecule has 0 amide bonds. The Hall–Kier alpha value is -1.23. The Labute approximate surface area is 121 Å². The summed E-state index contributed by atoms with van der Waals surface area (Å²) in [5.74, 6) is -0.483. The van der Waals surface area contributed by atoms with Crippen molar-refractivity contribution in [2.45, 2.75) is 23.4 Å². The highest BCUT2D eigenvalue weighted by Gasteiger charge is 2.38. The highest BCUT2D eigenvalue weighted by Crippen LogP contribution is 2.25. The minimum atomic E-state index is -4.80. The maximum atomic E-state index is 12.2. The zero-order chi connectivity index (χ0) is 15.7. The molecule has 2 rings (SSSR count). The Morgan fingerprint density at radius 1 is 1.52 bits per heavy atom. The van der Waals surface area contributed by atoms with E-state index in [1.807, 2.05) is 0 Å². The van der Waals surface area contributed by atoms with E-state index < -0.39 is 28.7 Å². The lowest BCUT2D eigenvalue weighted by Gasteiger charge is -2.20. The van der Waals surface area contributed by atoms with Gasteiger partial charge >= 0.3 is 6.36 Å².